The van der Waals surface area contributed by atoms with Gasteiger partial charge in [0.1, 0.15) is 18.3 Å². The average molecular weight is 292 g/mol. The zero-order valence-electron chi connectivity index (χ0n) is 10.0. The van der Waals surface area contributed by atoms with Crippen LogP contribution >= 0.6 is 0 Å². The number of ether oxygens (including phenoxy) is 1. The Kier molecular flexibility index (Phi) is 3.75. The Bertz CT molecular complexity index is 598. The van der Waals surface area contributed by atoms with E-state index in [1.165, 1.54) is 0 Å². The summed E-state index contributed by atoms with van der Waals surface area (Å²) in [4.78, 5) is 24.3. The molecule has 1 aromatic heterocycles. The van der Waals surface area contributed by atoms with Crippen molar-refractivity contribution in [3.63, 3.8) is 0 Å². The molecule has 2 heterocycles. The second-order valence-electron chi connectivity index (χ2n) is 4.39. The molecule has 1 fully saturated rings. The number of nitrogens with one attached hydrogen (secondary N) is 1. The van der Waals surface area contributed by atoms with E-state index in [1.807, 2.05) is 4.98 Å². The Balaban J connectivity index is 2.42. The molecule has 9 nitrogen and oxygen atoms in total. The maximum atomic E-state index is 14.1. The third-order valence-electron chi connectivity index (χ3n) is 3.03. The van der Waals surface area contributed by atoms with Gasteiger partial charge in [-0.05, 0) is 0 Å². The van der Waals surface area contributed by atoms with Crippen LogP contribution in [-0.2, 0) is 4.74 Å². The number of aromatic nitrogens is 2. The monoisotopic (exact) mass is 292 g/mol. The van der Waals surface area contributed by atoms with Gasteiger partial charge in [0.2, 0.25) is 0 Å². The van der Waals surface area contributed by atoms with Crippen molar-refractivity contribution in [3.8, 4) is 0 Å². The lowest BCUT2D eigenvalue weighted by Crippen LogP contribution is -2.47. The molecule has 2 rings (SSSR count). The number of hydrogen-bond donors (Lipinski definition) is 5. The predicted molar refractivity (Wildman–Crippen MR) is 60.4 cm³/mol. The zero-order chi connectivity index (χ0) is 15.1. The van der Waals surface area contributed by atoms with Crippen LogP contribution in [0.4, 0.5) is 4.39 Å². The molecule has 1 aliphatic heterocycles. The summed E-state index contributed by atoms with van der Waals surface area (Å²) < 4.78 is 19.5. The summed E-state index contributed by atoms with van der Waals surface area (Å²) in [5.41, 5.74) is -1.80. The number of aliphatic hydroxyl groups is 4. The topological polar surface area (TPSA) is 145 Å². The van der Waals surface area contributed by atoms with Gasteiger partial charge in [0.05, 0.1) is 6.61 Å². The van der Waals surface area contributed by atoms with E-state index in [1.54, 1.807) is 0 Å². The number of hydrogen-bond acceptors (Lipinski definition) is 7. The van der Waals surface area contributed by atoms with Crippen LogP contribution < -0.4 is 11.2 Å². The number of alkyl halides is 1. The first-order valence-corrected chi connectivity index (χ1v) is 5.64. The predicted octanol–water partition coefficient (Wildman–Crippen LogP) is -3.19. The van der Waals surface area contributed by atoms with Crippen molar-refractivity contribution in [2.75, 3.05) is 6.61 Å². The minimum atomic E-state index is -3.39. The summed E-state index contributed by atoms with van der Waals surface area (Å²) in [7, 11) is 0. The fourth-order valence-corrected chi connectivity index (χ4v) is 1.97. The smallest absolute Gasteiger partial charge is 0.330 e. The number of H-pyrrole nitrogens is 1. The van der Waals surface area contributed by atoms with Crippen LogP contribution in [-0.4, -0.2) is 60.8 Å². The lowest BCUT2D eigenvalue weighted by molar-refractivity contribution is -0.197. The molecule has 0 aromatic carbocycles. The lowest BCUT2D eigenvalue weighted by Gasteiger charge is -2.23. The molecule has 1 saturated heterocycles. The molecule has 0 aliphatic carbocycles. The number of nitrogens with zero attached hydrogens (tertiary/aromatic N) is 1. The van der Waals surface area contributed by atoms with Crippen LogP contribution in [0.5, 0.6) is 0 Å². The van der Waals surface area contributed by atoms with Gasteiger partial charge < -0.3 is 25.2 Å². The van der Waals surface area contributed by atoms with E-state index in [0.717, 1.165) is 12.3 Å². The third-order valence-corrected chi connectivity index (χ3v) is 3.03. The van der Waals surface area contributed by atoms with E-state index in [-0.39, 0.29) is 0 Å². The molecular formula is C10H13FN2O7. The molecular weight excluding hydrogens is 279 g/mol. The Morgan fingerprint density at radius 1 is 1.55 bits per heavy atom. The summed E-state index contributed by atoms with van der Waals surface area (Å²) in [6.07, 6.45) is -6.59. The number of halogens is 1. The molecule has 0 saturated carbocycles. The van der Waals surface area contributed by atoms with Gasteiger partial charge in [-0.1, -0.05) is 0 Å². The highest BCUT2D eigenvalue weighted by molar-refractivity contribution is 4.99. The third kappa shape index (κ3) is 2.27. The first-order chi connectivity index (χ1) is 9.28. The van der Waals surface area contributed by atoms with Crippen LogP contribution in [0.3, 0.4) is 0 Å². The van der Waals surface area contributed by atoms with Crippen molar-refractivity contribution in [2.24, 2.45) is 0 Å². The van der Waals surface area contributed by atoms with Crippen LogP contribution in [0.25, 0.3) is 0 Å². The van der Waals surface area contributed by atoms with Crippen molar-refractivity contribution in [2.45, 2.75) is 30.4 Å². The first-order valence-electron chi connectivity index (χ1n) is 5.64. The normalized spacial score (nSPS) is 35.1. The molecule has 0 amide bonds. The van der Waals surface area contributed by atoms with E-state index in [0.29, 0.717) is 4.57 Å². The van der Waals surface area contributed by atoms with Gasteiger partial charge in [-0.2, -0.15) is 0 Å². The van der Waals surface area contributed by atoms with Crippen molar-refractivity contribution < 1.29 is 29.6 Å². The Hall–Kier alpha value is -1.59. The van der Waals surface area contributed by atoms with Crippen LogP contribution in [0.1, 0.15) is 6.23 Å². The number of aromatic amines is 1. The van der Waals surface area contributed by atoms with Gasteiger partial charge in [0.15, 0.2) is 6.23 Å². The minimum absolute atomic E-state index is 0.523. The van der Waals surface area contributed by atoms with Crippen molar-refractivity contribution in [1.82, 2.24) is 9.55 Å². The maximum Gasteiger partial charge on any atom is 0.330 e. The Morgan fingerprint density at radius 3 is 2.75 bits per heavy atom. The summed E-state index contributed by atoms with van der Waals surface area (Å²) in [5, 5.41) is 37.3. The SMILES string of the molecule is O=c1ccn(C2O[C@H](C(O)CO)[C@@H](O)[C@@]2(O)F)c(=O)[nH]1. The molecule has 0 bridgehead atoms. The van der Waals surface area contributed by atoms with Gasteiger partial charge in [-0.15, -0.1) is 0 Å². The van der Waals surface area contributed by atoms with Crippen LogP contribution in [0.15, 0.2) is 21.9 Å². The van der Waals surface area contributed by atoms with Gasteiger partial charge in [-0.3, -0.25) is 14.3 Å². The zero-order valence-corrected chi connectivity index (χ0v) is 10.0. The van der Waals surface area contributed by atoms with Gasteiger partial charge in [-0.25, -0.2) is 9.18 Å². The highest BCUT2D eigenvalue weighted by atomic mass is 19.2. The van der Waals surface area contributed by atoms with Gasteiger partial charge in [0.25, 0.3) is 11.4 Å². The molecule has 0 spiro atoms. The molecule has 0 radical (unpaired) electrons. The van der Waals surface area contributed by atoms with E-state index >= 15 is 0 Å². The highest BCUT2D eigenvalue weighted by Crippen LogP contribution is 2.39. The maximum absolute atomic E-state index is 14.1. The summed E-state index contributed by atoms with van der Waals surface area (Å²) in [6.45, 7) is -0.842. The van der Waals surface area contributed by atoms with Gasteiger partial charge >= 0.3 is 5.69 Å². The van der Waals surface area contributed by atoms with Crippen molar-refractivity contribution in [3.05, 3.63) is 33.1 Å². The number of rotatable bonds is 3. The molecule has 1 aliphatic rings. The van der Waals surface area contributed by atoms with Crippen LogP contribution in [0.2, 0.25) is 0 Å². The van der Waals surface area contributed by atoms with E-state index in [4.69, 9.17) is 9.84 Å². The quantitative estimate of drug-likeness (QED) is 0.394. The Morgan fingerprint density at radius 2 is 2.20 bits per heavy atom. The largest absolute Gasteiger partial charge is 0.394 e. The highest BCUT2D eigenvalue weighted by Gasteiger charge is 2.59. The number of aliphatic hydroxyl groups excluding tert-OH is 3. The van der Waals surface area contributed by atoms with E-state index < -0.39 is 48.3 Å². The standard InChI is InChI=1S/C10H13FN2O7/c11-10(19)7(17)6(4(15)3-14)20-8(10)13-2-1-5(16)12-9(13)18/h1-2,4,6-8,14-15,17,19H,3H2,(H,12,16,18)/t4?,6-,7-,8?,10+/m1/s1. The molecule has 5 N–H and O–H groups in total. The lowest BCUT2D eigenvalue weighted by atomic mass is 10.0. The van der Waals surface area contributed by atoms with E-state index in [9.17, 15) is 29.3 Å². The van der Waals surface area contributed by atoms with Crippen LogP contribution in [0, 0.1) is 0 Å². The second kappa shape index (κ2) is 5.07. The van der Waals surface area contributed by atoms with Gasteiger partial charge in [0, 0.05) is 12.3 Å². The van der Waals surface area contributed by atoms with Crippen molar-refractivity contribution >= 4 is 0 Å². The van der Waals surface area contributed by atoms with E-state index in [2.05, 4.69) is 0 Å². The molecule has 10 heteroatoms. The molecule has 20 heavy (non-hydrogen) atoms. The molecule has 2 unspecified atom stereocenters. The Labute approximate surface area is 110 Å². The summed E-state index contributed by atoms with van der Waals surface area (Å²) in [6, 6.07) is 0.892. The minimum Gasteiger partial charge on any atom is -0.394 e. The summed E-state index contributed by atoms with van der Waals surface area (Å²) >= 11 is 0. The average Bonchev–Trinajstić information content (AvgIpc) is 2.61. The molecule has 1 aromatic rings. The van der Waals surface area contributed by atoms with Crippen molar-refractivity contribution in [1.29, 1.82) is 0 Å². The molecule has 5 atom stereocenters. The molecule has 112 valence electrons. The first kappa shape index (κ1) is 14.8. The fourth-order valence-electron chi connectivity index (χ4n) is 1.97. The fraction of sp³-hybridized carbons (Fsp3) is 0.600. The summed E-state index contributed by atoms with van der Waals surface area (Å²) in [5.74, 6) is -3.39. The second-order valence-corrected chi connectivity index (χ2v) is 4.39.